The molecule has 0 aliphatic carbocycles. The number of ether oxygens (including phenoxy) is 1. The first-order chi connectivity index (χ1) is 13.9. The van der Waals surface area contributed by atoms with Crippen LogP contribution >= 0.6 is 11.8 Å². The van der Waals surface area contributed by atoms with Crippen molar-refractivity contribution in [1.29, 1.82) is 0 Å². The Morgan fingerprint density at radius 2 is 1.90 bits per heavy atom. The Morgan fingerprint density at radius 1 is 1.10 bits per heavy atom. The van der Waals surface area contributed by atoms with Gasteiger partial charge in [0.1, 0.15) is 10.8 Å². The second-order valence-corrected chi connectivity index (χ2v) is 8.03. The lowest BCUT2D eigenvalue weighted by Gasteiger charge is -2.13. The molecule has 150 valence electrons. The van der Waals surface area contributed by atoms with Crippen molar-refractivity contribution >= 4 is 23.4 Å². The van der Waals surface area contributed by atoms with E-state index in [1.807, 2.05) is 44.2 Å². The average molecular weight is 410 g/mol. The molecule has 0 unspecified atom stereocenters. The van der Waals surface area contributed by atoms with Gasteiger partial charge in [-0.3, -0.25) is 9.59 Å². The Labute approximate surface area is 173 Å². The van der Waals surface area contributed by atoms with Crippen LogP contribution in [0.25, 0.3) is 5.69 Å². The topological polar surface area (TPSA) is 73.2 Å². The van der Waals surface area contributed by atoms with Gasteiger partial charge < -0.3 is 10.1 Å². The van der Waals surface area contributed by atoms with Crippen LogP contribution in [0.15, 0.2) is 64.4 Å². The third-order valence-corrected chi connectivity index (χ3v) is 5.54. The molecule has 0 radical (unpaired) electrons. The lowest BCUT2D eigenvalue weighted by atomic mass is 10.1. The third kappa shape index (κ3) is 5.06. The molecule has 6 nitrogen and oxygen atoms in total. The predicted octanol–water partition coefficient (Wildman–Crippen LogP) is 3.98. The number of thioether (sulfide) groups is 1. The van der Waals surface area contributed by atoms with Gasteiger partial charge in [-0.25, -0.2) is 0 Å². The summed E-state index contributed by atoms with van der Waals surface area (Å²) in [6.45, 7) is 5.81. The Kier molecular flexibility index (Phi) is 6.39. The number of methoxy groups -OCH3 is 1. The van der Waals surface area contributed by atoms with E-state index in [-0.39, 0.29) is 11.5 Å². The summed E-state index contributed by atoms with van der Waals surface area (Å²) in [6, 6.07) is 16.0. The Hall–Kier alpha value is -3.06. The Morgan fingerprint density at radius 3 is 2.62 bits per heavy atom. The van der Waals surface area contributed by atoms with E-state index in [1.54, 1.807) is 32.2 Å². The van der Waals surface area contributed by atoms with Gasteiger partial charge in [-0.1, -0.05) is 23.9 Å². The van der Waals surface area contributed by atoms with Crippen LogP contribution in [0.5, 0.6) is 5.75 Å². The van der Waals surface area contributed by atoms with E-state index in [9.17, 15) is 9.59 Å². The lowest BCUT2D eigenvalue weighted by molar-refractivity contribution is -0.115. The van der Waals surface area contributed by atoms with Crippen LogP contribution in [0.2, 0.25) is 0 Å². The zero-order valence-corrected chi connectivity index (χ0v) is 17.6. The van der Waals surface area contributed by atoms with Crippen LogP contribution in [0.4, 0.5) is 5.69 Å². The van der Waals surface area contributed by atoms with Crippen molar-refractivity contribution in [3.05, 3.63) is 76.1 Å². The number of nitrogens with zero attached hydrogens (tertiary/aromatic N) is 2. The van der Waals surface area contributed by atoms with Gasteiger partial charge in [-0.2, -0.15) is 9.78 Å². The minimum Gasteiger partial charge on any atom is -0.497 e. The van der Waals surface area contributed by atoms with E-state index in [0.717, 1.165) is 11.1 Å². The molecule has 0 saturated heterocycles. The quantitative estimate of drug-likeness (QED) is 0.624. The summed E-state index contributed by atoms with van der Waals surface area (Å²) < 4.78 is 6.54. The maximum Gasteiger partial charge on any atom is 0.271 e. The molecule has 2 aromatic carbocycles. The van der Waals surface area contributed by atoms with Crippen molar-refractivity contribution in [1.82, 2.24) is 9.78 Å². The molecule has 1 aromatic heterocycles. The molecule has 7 heteroatoms. The number of aromatic nitrogens is 2. The van der Waals surface area contributed by atoms with E-state index in [4.69, 9.17) is 4.74 Å². The molecule has 0 aliphatic heterocycles. The highest BCUT2D eigenvalue weighted by Gasteiger charge is 2.16. The normalized spacial score (nSPS) is 11.7. The van der Waals surface area contributed by atoms with E-state index in [0.29, 0.717) is 22.2 Å². The van der Waals surface area contributed by atoms with Gasteiger partial charge in [-0.05, 0) is 62.2 Å². The maximum absolute atomic E-state index is 12.6. The molecule has 0 aliphatic rings. The standard InChI is InChI=1S/C22H23N3O3S/c1-14-8-9-18(12-15(14)2)25-21(26)11-10-20(24-25)29-16(3)22(27)23-17-6-5-7-19(13-17)28-4/h5-13,16H,1-4H3,(H,23,27)/t16-/m0/s1. The maximum atomic E-state index is 12.6. The van der Waals surface area contributed by atoms with Crippen LogP contribution in [0.3, 0.4) is 0 Å². The van der Waals surface area contributed by atoms with Crippen molar-refractivity contribution in [2.75, 3.05) is 12.4 Å². The average Bonchev–Trinajstić information content (AvgIpc) is 2.71. The van der Waals surface area contributed by atoms with E-state index >= 15 is 0 Å². The van der Waals surface area contributed by atoms with Crippen molar-refractivity contribution in [2.45, 2.75) is 31.0 Å². The van der Waals surface area contributed by atoms with Gasteiger partial charge >= 0.3 is 0 Å². The molecule has 3 rings (SSSR count). The predicted molar refractivity (Wildman–Crippen MR) is 116 cm³/mol. The molecular weight excluding hydrogens is 386 g/mol. The molecule has 1 heterocycles. The Bertz CT molecular complexity index is 1090. The molecular formula is C22H23N3O3S. The fourth-order valence-electron chi connectivity index (χ4n) is 2.68. The van der Waals surface area contributed by atoms with Crippen molar-refractivity contribution in [3.63, 3.8) is 0 Å². The van der Waals surface area contributed by atoms with Crippen LogP contribution in [0.1, 0.15) is 18.1 Å². The number of carbonyl (C=O) groups excluding carboxylic acids is 1. The number of carbonyl (C=O) groups is 1. The van der Waals surface area contributed by atoms with Crippen molar-refractivity contribution in [3.8, 4) is 11.4 Å². The SMILES string of the molecule is COc1cccc(NC(=O)[C@H](C)Sc2ccc(=O)n(-c3ccc(C)c(C)c3)n2)c1. The minimum absolute atomic E-state index is 0.158. The number of amides is 1. The summed E-state index contributed by atoms with van der Waals surface area (Å²) in [4.78, 5) is 24.8. The zero-order valence-electron chi connectivity index (χ0n) is 16.8. The highest BCUT2D eigenvalue weighted by Crippen LogP contribution is 2.23. The monoisotopic (exact) mass is 409 g/mol. The van der Waals surface area contributed by atoms with Crippen LogP contribution in [0, 0.1) is 13.8 Å². The van der Waals surface area contributed by atoms with Crippen LogP contribution in [-0.4, -0.2) is 28.0 Å². The summed E-state index contributed by atoms with van der Waals surface area (Å²) in [5.74, 6) is 0.513. The smallest absolute Gasteiger partial charge is 0.271 e. The van der Waals surface area contributed by atoms with Gasteiger partial charge in [0, 0.05) is 17.8 Å². The number of nitrogens with one attached hydrogen (secondary N) is 1. The summed E-state index contributed by atoms with van der Waals surface area (Å²) in [5.41, 5.74) is 3.38. The molecule has 1 atom stereocenters. The van der Waals surface area contributed by atoms with Gasteiger partial charge in [0.05, 0.1) is 18.0 Å². The van der Waals surface area contributed by atoms with Gasteiger partial charge in [0.2, 0.25) is 5.91 Å². The minimum atomic E-state index is -0.403. The lowest BCUT2D eigenvalue weighted by Crippen LogP contribution is -2.24. The molecule has 0 saturated carbocycles. The first-order valence-corrected chi connectivity index (χ1v) is 10.0. The summed E-state index contributed by atoms with van der Waals surface area (Å²) >= 11 is 1.29. The Balaban J connectivity index is 1.76. The van der Waals surface area contributed by atoms with Crippen LogP contribution in [-0.2, 0) is 4.79 Å². The number of anilines is 1. The van der Waals surface area contributed by atoms with Gasteiger partial charge in [-0.15, -0.1) is 0 Å². The van der Waals surface area contributed by atoms with Crippen molar-refractivity contribution < 1.29 is 9.53 Å². The molecule has 0 fully saturated rings. The third-order valence-electron chi connectivity index (χ3n) is 4.51. The molecule has 29 heavy (non-hydrogen) atoms. The highest BCUT2D eigenvalue weighted by atomic mass is 32.2. The highest BCUT2D eigenvalue weighted by molar-refractivity contribution is 8.00. The van der Waals surface area contributed by atoms with E-state index in [2.05, 4.69) is 10.4 Å². The molecule has 0 bridgehead atoms. The number of hydrogen-bond donors (Lipinski definition) is 1. The number of hydrogen-bond acceptors (Lipinski definition) is 5. The van der Waals surface area contributed by atoms with Crippen LogP contribution < -0.4 is 15.6 Å². The number of rotatable bonds is 6. The number of benzene rings is 2. The largest absolute Gasteiger partial charge is 0.497 e. The second kappa shape index (κ2) is 8.96. The number of aryl methyl sites for hydroxylation is 2. The molecule has 0 spiro atoms. The molecule has 3 aromatic rings. The first-order valence-electron chi connectivity index (χ1n) is 9.17. The van der Waals surface area contributed by atoms with Gasteiger partial charge in [0.15, 0.2) is 0 Å². The summed E-state index contributed by atoms with van der Waals surface area (Å²) in [7, 11) is 1.58. The summed E-state index contributed by atoms with van der Waals surface area (Å²) in [5, 5.41) is 7.50. The fourth-order valence-corrected chi connectivity index (χ4v) is 3.48. The second-order valence-electron chi connectivity index (χ2n) is 6.67. The summed E-state index contributed by atoms with van der Waals surface area (Å²) in [6.07, 6.45) is 0. The molecule has 1 amide bonds. The van der Waals surface area contributed by atoms with E-state index < -0.39 is 5.25 Å². The van der Waals surface area contributed by atoms with Crippen molar-refractivity contribution in [2.24, 2.45) is 0 Å². The zero-order chi connectivity index (χ0) is 21.0. The van der Waals surface area contributed by atoms with Gasteiger partial charge in [0.25, 0.3) is 5.56 Å². The fraction of sp³-hybridized carbons (Fsp3) is 0.227. The molecule has 1 N–H and O–H groups in total. The van der Waals surface area contributed by atoms with E-state index in [1.165, 1.54) is 22.5 Å². The first kappa shape index (κ1) is 20.7.